The van der Waals surface area contributed by atoms with Crippen LogP contribution in [0.25, 0.3) is 0 Å². The monoisotopic (exact) mass is 284 g/mol. The fourth-order valence-corrected chi connectivity index (χ4v) is 0.175. The summed E-state index contributed by atoms with van der Waals surface area (Å²) in [6.07, 6.45) is -10.4. The first-order valence-corrected chi connectivity index (χ1v) is 2.10. The number of hydrogen-bond donors (Lipinski definition) is 0. The molecule has 0 amide bonds. The predicted molar refractivity (Wildman–Crippen MR) is 24.1 cm³/mol. The van der Waals surface area contributed by atoms with Crippen LogP contribution in [-0.2, 0) is 0 Å². The van der Waals surface area contributed by atoms with E-state index in [0.717, 1.165) is 0 Å². The Bertz CT molecular complexity index is 199. The molecule has 0 aromatic carbocycles. The molecule has 0 N–H and O–H groups in total. The second-order valence-electron chi connectivity index (χ2n) is 1.56. The van der Waals surface area contributed by atoms with E-state index in [9.17, 15) is 17.5 Å². The van der Waals surface area contributed by atoms with Gasteiger partial charge in [0.2, 0.25) is 0 Å². The van der Waals surface area contributed by atoms with Gasteiger partial charge < -0.3 is 4.32 Å². The van der Waals surface area contributed by atoms with Crippen molar-refractivity contribution in [2.45, 2.75) is 6.08 Å². The molecule has 0 saturated carbocycles. The Morgan fingerprint density at radius 3 is 1.36 bits per heavy atom. The smallest absolute Gasteiger partial charge is 0.474 e. The van der Waals surface area contributed by atoms with Gasteiger partial charge in [-0.1, -0.05) is 11.9 Å². The molecule has 0 rings (SSSR count). The second kappa shape index (κ2) is 4.75. The number of halogens is 4. The molecule has 0 bridgehead atoms. The number of rotatable bonds is 0. The van der Waals surface area contributed by atoms with Crippen molar-refractivity contribution in [3.63, 3.8) is 0 Å². The van der Waals surface area contributed by atoms with Crippen molar-refractivity contribution in [2.24, 2.45) is 0 Å². The van der Waals surface area contributed by atoms with Gasteiger partial charge in [0, 0.05) is 0 Å². The topological polar surface area (TPSA) is 47.6 Å². The molecule has 0 heterocycles. The quantitative estimate of drug-likeness (QED) is 0.386. The van der Waals surface area contributed by atoms with Gasteiger partial charge in [0.25, 0.3) is 0 Å². The summed E-state index contributed by atoms with van der Waals surface area (Å²) >= 11 is 0. The molecule has 8 heteroatoms. The largest absolute Gasteiger partial charge is 1.00 e. The molecular formula is C3BCsF4N2. The van der Waals surface area contributed by atoms with Crippen LogP contribution in [0.2, 0.25) is 0 Å². The first-order valence-electron chi connectivity index (χ1n) is 2.10. The first-order chi connectivity index (χ1) is 4.37. The summed E-state index contributed by atoms with van der Waals surface area (Å²) in [7, 11) is 0. The Kier molecular flexibility index (Phi) is 6.19. The van der Waals surface area contributed by atoms with Crippen LogP contribution in [0.15, 0.2) is 0 Å². The summed E-state index contributed by atoms with van der Waals surface area (Å²) in [5.41, 5.74) is 0. The van der Waals surface area contributed by atoms with Crippen molar-refractivity contribution in [1.29, 1.82) is 10.5 Å². The summed E-state index contributed by atoms with van der Waals surface area (Å²) < 4.78 is 45.9. The Labute approximate surface area is 119 Å². The van der Waals surface area contributed by atoms with E-state index in [1.807, 2.05) is 0 Å². The van der Waals surface area contributed by atoms with E-state index >= 15 is 0 Å². The predicted octanol–water partition coefficient (Wildman–Crippen LogP) is -1.87. The van der Waals surface area contributed by atoms with E-state index in [2.05, 4.69) is 0 Å². The molecule has 0 unspecified atom stereocenters. The van der Waals surface area contributed by atoms with Crippen LogP contribution in [0.3, 0.4) is 0 Å². The average Bonchev–Trinajstić information content (AvgIpc) is 1.84. The molecule has 0 fully saturated rings. The van der Waals surface area contributed by atoms with Gasteiger partial charge in [-0.15, -0.1) is 0 Å². The minimum atomic E-state index is -5.37. The minimum Gasteiger partial charge on any atom is -0.474 e. The Hall–Kier alpha value is 0.817. The third kappa shape index (κ3) is 3.36. The third-order valence-corrected chi connectivity index (χ3v) is 0.807. The number of nitriles is 2. The second-order valence-corrected chi connectivity index (χ2v) is 1.56. The van der Waals surface area contributed by atoms with Gasteiger partial charge in [0.15, 0.2) is 0 Å². The maximum atomic E-state index is 12.0. The van der Waals surface area contributed by atoms with Gasteiger partial charge in [0.05, 0.1) is 0 Å². The van der Waals surface area contributed by atoms with E-state index < -0.39 is 12.5 Å². The van der Waals surface area contributed by atoms with Crippen molar-refractivity contribution >= 4 is 6.42 Å². The molecule has 0 aliphatic heterocycles. The summed E-state index contributed by atoms with van der Waals surface area (Å²) in [6.45, 7) is 0. The fourth-order valence-electron chi connectivity index (χ4n) is 0.175. The van der Waals surface area contributed by atoms with Crippen molar-refractivity contribution in [3.05, 3.63) is 0 Å². The van der Waals surface area contributed by atoms with Crippen LogP contribution in [-0.4, -0.2) is 12.5 Å². The third-order valence-electron chi connectivity index (χ3n) is 0.807. The summed E-state index contributed by atoms with van der Waals surface area (Å²) in [6, 6.07) is 0. The molecule has 0 atom stereocenters. The number of hydrogen-bond acceptors (Lipinski definition) is 2. The summed E-state index contributed by atoms with van der Waals surface area (Å²) in [4.78, 5) is 0. The van der Waals surface area contributed by atoms with Crippen LogP contribution in [0.1, 0.15) is 0 Å². The van der Waals surface area contributed by atoms with E-state index in [0.29, 0.717) is 0 Å². The van der Waals surface area contributed by atoms with Gasteiger partial charge in [-0.25, -0.2) is 23.7 Å². The van der Waals surface area contributed by atoms with Crippen LogP contribution in [0.4, 0.5) is 17.5 Å². The molecule has 11 heavy (non-hydrogen) atoms. The van der Waals surface area contributed by atoms with Crippen LogP contribution in [0.5, 0.6) is 0 Å². The zero-order chi connectivity index (χ0) is 8.41. The number of alkyl halides is 3. The Morgan fingerprint density at radius 2 is 1.36 bits per heavy atom. The van der Waals surface area contributed by atoms with Crippen LogP contribution < -0.4 is 68.9 Å². The van der Waals surface area contributed by atoms with Crippen molar-refractivity contribution in [1.82, 2.24) is 0 Å². The van der Waals surface area contributed by atoms with E-state index in [4.69, 9.17) is 10.5 Å². The first kappa shape index (κ1) is 14.3. The van der Waals surface area contributed by atoms with Gasteiger partial charge in [-0.3, -0.25) is 0 Å². The SMILES string of the molecule is N#C[B-](F)(C#N)C(F)(F)F.[Cs+]. The molecule has 0 radical (unpaired) electrons. The summed E-state index contributed by atoms with van der Waals surface area (Å²) in [5.74, 6) is 0.556. The molecule has 0 aliphatic rings. The van der Waals surface area contributed by atoms with E-state index in [1.54, 1.807) is 0 Å². The molecule has 0 aliphatic carbocycles. The summed E-state index contributed by atoms with van der Waals surface area (Å²) in [5, 5.41) is 15.2. The number of nitrogens with zero attached hydrogens (tertiary/aromatic N) is 2. The van der Waals surface area contributed by atoms with Crippen molar-refractivity contribution in [3.8, 4) is 11.9 Å². The Morgan fingerprint density at radius 1 is 1.09 bits per heavy atom. The van der Waals surface area contributed by atoms with Crippen LogP contribution >= 0.6 is 0 Å². The van der Waals surface area contributed by atoms with Gasteiger partial charge in [0.1, 0.15) is 0 Å². The minimum absolute atomic E-state index is 0. The molecular weight excluding hydrogens is 284 g/mol. The Balaban J connectivity index is 0. The normalized spacial score (nSPS) is 10.7. The van der Waals surface area contributed by atoms with Crippen molar-refractivity contribution in [2.75, 3.05) is 0 Å². The van der Waals surface area contributed by atoms with Gasteiger partial charge >= 0.3 is 81.4 Å². The van der Waals surface area contributed by atoms with E-state index in [1.165, 1.54) is 0 Å². The molecule has 54 valence electrons. The van der Waals surface area contributed by atoms with Gasteiger partial charge in [-0.2, -0.15) is 0 Å². The maximum Gasteiger partial charge on any atom is 1.00 e. The van der Waals surface area contributed by atoms with Gasteiger partial charge in [-0.05, 0) is 0 Å². The van der Waals surface area contributed by atoms with Crippen LogP contribution in [0, 0.1) is 22.5 Å². The fraction of sp³-hybridized carbons (Fsp3) is 0.333. The zero-order valence-corrected chi connectivity index (χ0v) is 11.8. The van der Waals surface area contributed by atoms with Crippen molar-refractivity contribution < 1.29 is 86.4 Å². The molecule has 0 saturated heterocycles. The average molecular weight is 284 g/mol. The molecule has 2 nitrogen and oxygen atoms in total. The maximum absolute atomic E-state index is 12.0. The zero-order valence-electron chi connectivity index (χ0n) is 5.48. The molecule has 0 aromatic heterocycles. The molecule has 0 aromatic rings. The molecule has 0 spiro atoms. The standard InChI is InChI=1S/C3BF4N2.Cs/c5-3(6,7)4(8,1-9)2-10;/q-1;+1. The van der Waals surface area contributed by atoms with E-state index in [-0.39, 0.29) is 80.8 Å².